The van der Waals surface area contributed by atoms with E-state index >= 15 is 0 Å². The number of amides is 1. The molecule has 0 aliphatic carbocycles. The van der Waals surface area contributed by atoms with Gasteiger partial charge in [-0.25, -0.2) is 4.39 Å². The molecule has 1 amide bonds. The lowest BCUT2D eigenvalue weighted by Gasteiger charge is -2.38. The van der Waals surface area contributed by atoms with Gasteiger partial charge in [-0.3, -0.25) is 4.79 Å². The number of likely N-dealkylation sites (tertiary alicyclic amines) is 1. The Hall–Kier alpha value is -1.93. The summed E-state index contributed by atoms with van der Waals surface area (Å²) in [7, 11) is 0. The number of piperidine rings is 1. The first-order valence-corrected chi connectivity index (χ1v) is 6.43. The molecule has 0 saturated carbocycles. The number of terminal acetylenes is 1. The first kappa shape index (κ1) is 17.1. The number of nitrogen functional groups attached to an aromatic ring is 1. The van der Waals surface area contributed by atoms with Crippen molar-refractivity contribution in [2.75, 3.05) is 18.8 Å². The smallest absolute Gasteiger partial charge is 0.219 e. The normalized spacial score (nSPS) is 16.5. The van der Waals surface area contributed by atoms with Gasteiger partial charge in [0.25, 0.3) is 0 Å². The molecule has 2 rings (SSSR count). The number of nitrogens with zero attached hydrogens (tertiary/aromatic N) is 1. The van der Waals surface area contributed by atoms with Crippen LogP contribution < -0.4 is 10.5 Å². The van der Waals surface area contributed by atoms with Gasteiger partial charge in [0.05, 0.1) is 5.69 Å². The lowest BCUT2D eigenvalue weighted by atomic mass is 9.92. The van der Waals surface area contributed by atoms with E-state index in [1.165, 1.54) is 25.1 Å². The molecule has 0 atom stereocenters. The van der Waals surface area contributed by atoms with Gasteiger partial charge in [0.1, 0.15) is 11.6 Å². The topological polar surface area (TPSA) is 55.6 Å². The van der Waals surface area contributed by atoms with Crippen molar-refractivity contribution in [2.45, 2.75) is 25.4 Å². The van der Waals surface area contributed by atoms with Crippen molar-refractivity contribution < 1.29 is 13.9 Å². The molecule has 114 valence electrons. The molecule has 1 aromatic rings. The maximum absolute atomic E-state index is 13.0. The molecule has 1 aliphatic rings. The molecule has 1 aromatic carbocycles. The summed E-state index contributed by atoms with van der Waals surface area (Å²) in [6, 6.07) is 3.95. The minimum absolute atomic E-state index is 0. The van der Waals surface area contributed by atoms with Crippen LogP contribution in [-0.4, -0.2) is 29.5 Å². The van der Waals surface area contributed by atoms with Crippen molar-refractivity contribution in [1.29, 1.82) is 0 Å². The third-order valence-electron chi connectivity index (χ3n) is 3.56. The molecular formula is C15H18ClFN2O2. The van der Waals surface area contributed by atoms with Crippen LogP contribution in [0.2, 0.25) is 0 Å². The van der Waals surface area contributed by atoms with E-state index in [9.17, 15) is 9.18 Å². The van der Waals surface area contributed by atoms with Crippen LogP contribution in [0.3, 0.4) is 0 Å². The van der Waals surface area contributed by atoms with E-state index in [0.717, 1.165) is 0 Å². The lowest BCUT2D eigenvalue weighted by molar-refractivity contribution is -0.131. The van der Waals surface area contributed by atoms with Crippen molar-refractivity contribution in [3.8, 4) is 18.1 Å². The van der Waals surface area contributed by atoms with E-state index in [2.05, 4.69) is 5.92 Å². The van der Waals surface area contributed by atoms with Crippen LogP contribution in [0.25, 0.3) is 0 Å². The van der Waals surface area contributed by atoms with Crippen LogP contribution >= 0.6 is 12.4 Å². The Morgan fingerprint density at radius 3 is 2.57 bits per heavy atom. The van der Waals surface area contributed by atoms with Crippen LogP contribution in [0.4, 0.5) is 10.1 Å². The number of carbonyl (C=O) groups excluding carboxylic acids is 1. The standard InChI is InChI=1S/C15H17FN2O2.ClH/c1-3-15(6-8-18(9-7-15)11(2)19)20-14-5-4-12(16)10-13(14)17;/h1,4-5,10H,6-9,17H2,2H3;1H. The van der Waals surface area contributed by atoms with E-state index in [1.54, 1.807) is 4.90 Å². The number of hydrogen-bond donors (Lipinski definition) is 1. The molecule has 0 spiro atoms. The summed E-state index contributed by atoms with van der Waals surface area (Å²) in [5.41, 5.74) is 5.15. The van der Waals surface area contributed by atoms with Crippen LogP contribution in [0, 0.1) is 18.2 Å². The van der Waals surface area contributed by atoms with Gasteiger partial charge in [-0.05, 0) is 12.1 Å². The summed E-state index contributed by atoms with van der Waals surface area (Å²) in [6.07, 6.45) is 6.65. The average molecular weight is 313 g/mol. The molecule has 1 saturated heterocycles. The fourth-order valence-electron chi connectivity index (χ4n) is 2.28. The molecule has 0 aromatic heterocycles. The van der Waals surface area contributed by atoms with E-state index in [4.69, 9.17) is 16.9 Å². The van der Waals surface area contributed by atoms with Gasteiger partial charge in [-0.2, -0.15) is 0 Å². The zero-order chi connectivity index (χ0) is 14.8. The first-order valence-electron chi connectivity index (χ1n) is 6.43. The molecule has 0 bridgehead atoms. The summed E-state index contributed by atoms with van der Waals surface area (Å²) in [5, 5.41) is 0. The van der Waals surface area contributed by atoms with Crippen LogP contribution in [-0.2, 0) is 4.79 Å². The molecule has 0 radical (unpaired) electrons. The van der Waals surface area contributed by atoms with Gasteiger partial charge < -0.3 is 15.4 Å². The Kier molecular flexibility index (Phi) is 5.45. The lowest BCUT2D eigenvalue weighted by Crippen LogP contribution is -2.48. The van der Waals surface area contributed by atoms with Crippen molar-refractivity contribution in [1.82, 2.24) is 4.90 Å². The quantitative estimate of drug-likeness (QED) is 0.673. The number of benzene rings is 1. The minimum Gasteiger partial charge on any atom is -0.472 e. The molecule has 6 heteroatoms. The summed E-state index contributed by atoms with van der Waals surface area (Å²) in [5.74, 6) is 2.64. The number of rotatable bonds is 2. The molecule has 1 fully saturated rings. The molecule has 4 nitrogen and oxygen atoms in total. The van der Waals surface area contributed by atoms with Crippen LogP contribution in [0.5, 0.6) is 5.75 Å². The summed E-state index contributed by atoms with van der Waals surface area (Å²) in [4.78, 5) is 13.0. The van der Waals surface area contributed by atoms with Gasteiger partial charge in [-0.1, -0.05) is 5.92 Å². The SMILES string of the molecule is C#CC1(Oc2ccc(F)cc2N)CCN(C(C)=O)CC1.Cl. The molecule has 21 heavy (non-hydrogen) atoms. The molecule has 1 heterocycles. The van der Waals surface area contributed by atoms with Crippen molar-refractivity contribution >= 4 is 24.0 Å². The number of nitrogens with two attached hydrogens (primary N) is 1. The van der Waals surface area contributed by atoms with Crippen molar-refractivity contribution in [3.05, 3.63) is 24.0 Å². The number of hydrogen-bond acceptors (Lipinski definition) is 3. The highest BCUT2D eigenvalue weighted by molar-refractivity contribution is 5.85. The van der Waals surface area contributed by atoms with Crippen LogP contribution in [0.1, 0.15) is 19.8 Å². The van der Waals surface area contributed by atoms with E-state index in [1.807, 2.05) is 0 Å². The fourth-order valence-corrected chi connectivity index (χ4v) is 2.28. The third kappa shape index (κ3) is 3.79. The monoisotopic (exact) mass is 312 g/mol. The largest absolute Gasteiger partial charge is 0.472 e. The van der Waals surface area contributed by atoms with E-state index < -0.39 is 11.4 Å². The Morgan fingerprint density at radius 1 is 1.48 bits per heavy atom. The minimum atomic E-state index is -0.794. The molecular weight excluding hydrogens is 295 g/mol. The zero-order valence-corrected chi connectivity index (χ0v) is 12.6. The predicted molar refractivity (Wildman–Crippen MR) is 81.7 cm³/mol. The summed E-state index contributed by atoms with van der Waals surface area (Å²) >= 11 is 0. The summed E-state index contributed by atoms with van der Waals surface area (Å²) < 4.78 is 18.9. The number of carbonyl (C=O) groups is 1. The highest BCUT2D eigenvalue weighted by Gasteiger charge is 2.36. The number of anilines is 1. The molecule has 0 unspecified atom stereocenters. The van der Waals surface area contributed by atoms with Gasteiger partial charge in [0, 0.05) is 38.9 Å². The van der Waals surface area contributed by atoms with Gasteiger partial charge in [0.15, 0.2) is 5.60 Å². The van der Waals surface area contributed by atoms with Gasteiger partial charge in [0.2, 0.25) is 5.91 Å². The highest BCUT2D eigenvalue weighted by Crippen LogP contribution is 2.32. The average Bonchev–Trinajstić information content (AvgIpc) is 2.42. The number of halogens is 2. The van der Waals surface area contributed by atoms with Crippen molar-refractivity contribution in [2.24, 2.45) is 0 Å². The van der Waals surface area contributed by atoms with Gasteiger partial charge in [-0.15, -0.1) is 18.8 Å². The van der Waals surface area contributed by atoms with Gasteiger partial charge >= 0.3 is 0 Å². The second-order valence-corrected chi connectivity index (χ2v) is 4.93. The van der Waals surface area contributed by atoms with Crippen molar-refractivity contribution in [3.63, 3.8) is 0 Å². The predicted octanol–water partition coefficient (Wildman–Crippen LogP) is 2.22. The Labute approximate surface area is 129 Å². The van der Waals surface area contributed by atoms with Crippen LogP contribution in [0.15, 0.2) is 18.2 Å². The Balaban J connectivity index is 0.00000220. The fraction of sp³-hybridized carbons (Fsp3) is 0.400. The summed E-state index contributed by atoms with van der Waals surface area (Å²) in [6.45, 7) is 2.61. The Morgan fingerprint density at radius 2 is 2.10 bits per heavy atom. The highest BCUT2D eigenvalue weighted by atomic mass is 35.5. The Bertz CT molecular complexity index is 563. The molecule has 2 N–H and O–H groups in total. The maximum Gasteiger partial charge on any atom is 0.219 e. The molecule has 1 aliphatic heterocycles. The van der Waals surface area contributed by atoms with E-state index in [0.29, 0.717) is 31.7 Å². The van der Waals surface area contributed by atoms with E-state index in [-0.39, 0.29) is 24.0 Å². The second kappa shape index (κ2) is 6.68. The maximum atomic E-state index is 13.0. The first-order chi connectivity index (χ1) is 9.46. The zero-order valence-electron chi connectivity index (χ0n) is 11.8. The third-order valence-corrected chi connectivity index (χ3v) is 3.56. The number of ether oxygens (including phenoxy) is 1. The second-order valence-electron chi connectivity index (χ2n) is 4.93.